The average Bonchev–Trinajstić information content (AvgIpc) is 2.68. The zero-order valence-corrected chi connectivity index (χ0v) is 22.2. The van der Waals surface area contributed by atoms with Gasteiger partial charge in [0.25, 0.3) is 0 Å². The molecule has 0 saturated carbocycles. The third kappa shape index (κ3) is 9.23. The van der Waals surface area contributed by atoms with Crippen molar-refractivity contribution in [2.45, 2.75) is 98.4 Å². The number of alkyl carbamates (subject to hydrolysis) is 1. The SMILES string of the molecule is CCCC(C)NC(=O)C(c1ccc(O)c(C)c1)N(C)C(=O)C(CC(C)C)NC(=O)OC(C)(C)C. The Morgan fingerprint density at radius 2 is 1.74 bits per heavy atom. The van der Waals surface area contributed by atoms with Gasteiger partial charge in [-0.25, -0.2) is 4.79 Å². The number of hydrogen-bond donors (Lipinski definition) is 3. The highest BCUT2D eigenvalue weighted by Gasteiger charge is 2.35. The molecular weight excluding hydrogens is 434 g/mol. The van der Waals surface area contributed by atoms with Crippen LogP contribution in [0.4, 0.5) is 4.79 Å². The number of carbonyl (C=O) groups excluding carboxylic acids is 3. The number of phenols is 1. The number of ether oxygens (including phenoxy) is 1. The van der Waals surface area contributed by atoms with E-state index >= 15 is 0 Å². The quantitative estimate of drug-likeness (QED) is 0.462. The van der Waals surface area contributed by atoms with E-state index in [0.717, 1.165) is 12.8 Å². The van der Waals surface area contributed by atoms with E-state index in [1.165, 1.54) is 11.0 Å². The van der Waals surface area contributed by atoms with Crippen LogP contribution >= 0.6 is 0 Å². The molecule has 3 unspecified atom stereocenters. The fourth-order valence-corrected chi connectivity index (χ4v) is 3.74. The van der Waals surface area contributed by atoms with E-state index in [-0.39, 0.29) is 23.6 Å². The maximum Gasteiger partial charge on any atom is 0.408 e. The maximum atomic E-state index is 13.6. The van der Waals surface area contributed by atoms with Gasteiger partial charge >= 0.3 is 6.09 Å². The van der Waals surface area contributed by atoms with Gasteiger partial charge in [-0.15, -0.1) is 0 Å². The molecule has 0 spiro atoms. The number of aryl methyl sites for hydroxylation is 1. The molecule has 0 aliphatic carbocycles. The third-order valence-corrected chi connectivity index (χ3v) is 5.33. The van der Waals surface area contributed by atoms with E-state index in [4.69, 9.17) is 4.74 Å². The summed E-state index contributed by atoms with van der Waals surface area (Å²) in [5.74, 6) is -0.485. The van der Waals surface area contributed by atoms with Gasteiger partial charge in [-0.05, 0) is 76.6 Å². The van der Waals surface area contributed by atoms with Crippen LogP contribution in [0.1, 0.15) is 84.9 Å². The summed E-state index contributed by atoms with van der Waals surface area (Å²) in [6.45, 7) is 14.9. The van der Waals surface area contributed by atoms with Gasteiger partial charge in [0, 0.05) is 13.1 Å². The van der Waals surface area contributed by atoms with Crippen molar-refractivity contribution in [3.8, 4) is 5.75 Å². The van der Waals surface area contributed by atoms with Crippen molar-refractivity contribution in [1.29, 1.82) is 0 Å². The van der Waals surface area contributed by atoms with Crippen LogP contribution < -0.4 is 10.6 Å². The second-order valence-electron chi connectivity index (χ2n) is 10.4. The molecule has 0 aliphatic heterocycles. The average molecular weight is 478 g/mol. The number of aromatic hydroxyl groups is 1. The van der Waals surface area contributed by atoms with Crippen LogP contribution in [0.3, 0.4) is 0 Å². The van der Waals surface area contributed by atoms with Crippen molar-refractivity contribution in [2.75, 3.05) is 7.05 Å². The van der Waals surface area contributed by atoms with Crippen molar-refractivity contribution in [3.63, 3.8) is 0 Å². The minimum Gasteiger partial charge on any atom is -0.508 e. The number of nitrogens with one attached hydrogen (secondary N) is 2. The number of amides is 3. The van der Waals surface area contributed by atoms with E-state index in [2.05, 4.69) is 10.6 Å². The molecule has 0 aliphatic rings. The van der Waals surface area contributed by atoms with Gasteiger partial charge < -0.3 is 25.4 Å². The molecule has 0 aromatic heterocycles. The van der Waals surface area contributed by atoms with Crippen LogP contribution in [0.5, 0.6) is 5.75 Å². The van der Waals surface area contributed by atoms with Crippen LogP contribution in [0.2, 0.25) is 0 Å². The molecule has 192 valence electrons. The minimum atomic E-state index is -0.929. The van der Waals surface area contributed by atoms with Gasteiger partial charge in [-0.2, -0.15) is 0 Å². The highest BCUT2D eigenvalue weighted by Crippen LogP contribution is 2.27. The number of carbonyl (C=O) groups is 3. The van der Waals surface area contributed by atoms with Crippen LogP contribution in [-0.2, 0) is 14.3 Å². The van der Waals surface area contributed by atoms with Crippen molar-refractivity contribution < 1.29 is 24.2 Å². The lowest BCUT2D eigenvalue weighted by Crippen LogP contribution is -2.52. The first kappa shape index (κ1) is 29.3. The molecule has 34 heavy (non-hydrogen) atoms. The normalized spacial score (nSPS) is 14.2. The van der Waals surface area contributed by atoms with E-state index < -0.39 is 29.7 Å². The fraction of sp³-hybridized carbons (Fsp3) is 0.654. The van der Waals surface area contributed by atoms with Gasteiger partial charge in [-0.3, -0.25) is 9.59 Å². The molecule has 0 bridgehead atoms. The Morgan fingerprint density at radius 3 is 2.24 bits per heavy atom. The molecule has 1 aromatic carbocycles. The molecule has 0 saturated heterocycles. The number of rotatable bonds is 10. The third-order valence-electron chi connectivity index (χ3n) is 5.33. The fourth-order valence-electron chi connectivity index (χ4n) is 3.74. The summed E-state index contributed by atoms with van der Waals surface area (Å²) in [6, 6.07) is 3.01. The summed E-state index contributed by atoms with van der Waals surface area (Å²) in [4.78, 5) is 40.7. The van der Waals surface area contributed by atoms with Crippen LogP contribution in [0.25, 0.3) is 0 Å². The van der Waals surface area contributed by atoms with Crippen LogP contribution in [-0.4, -0.2) is 52.6 Å². The van der Waals surface area contributed by atoms with E-state index in [1.54, 1.807) is 46.9 Å². The van der Waals surface area contributed by atoms with Gasteiger partial charge in [0.05, 0.1) is 0 Å². The molecule has 1 rings (SSSR count). The lowest BCUT2D eigenvalue weighted by atomic mass is 9.98. The summed E-state index contributed by atoms with van der Waals surface area (Å²) in [7, 11) is 1.56. The molecular formula is C26H43N3O5. The number of phenolic OH excluding ortho intramolecular Hbond substituents is 1. The Kier molecular flexibility index (Phi) is 10.9. The molecule has 3 N–H and O–H groups in total. The monoisotopic (exact) mass is 477 g/mol. The topological polar surface area (TPSA) is 108 Å². The zero-order valence-electron chi connectivity index (χ0n) is 22.2. The molecule has 1 aromatic rings. The van der Waals surface area contributed by atoms with Crippen molar-refractivity contribution in [3.05, 3.63) is 29.3 Å². The summed E-state index contributed by atoms with van der Waals surface area (Å²) >= 11 is 0. The Morgan fingerprint density at radius 1 is 1.12 bits per heavy atom. The van der Waals surface area contributed by atoms with Crippen molar-refractivity contribution in [2.24, 2.45) is 5.92 Å². The predicted molar refractivity (Wildman–Crippen MR) is 133 cm³/mol. The largest absolute Gasteiger partial charge is 0.508 e. The van der Waals surface area contributed by atoms with Crippen LogP contribution in [0, 0.1) is 12.8 Å². The molecule has 0 heterocycles. The first-order chi connectivity index (χ1) is 15.7. The van der Waals surface area contributed by atoms with Gasteiger partial charge in [0.1, 0.15) is 23.4 Å². The second-order valence-corrected chi connectivity index (χ2v) is 10.4. The highest BCUT2D eigenvalue weighted by molar-refractivity contribution is 5.92. The Balaban J connectivity index is 3.30. The van der Waals surface area contributed by atoms with Gasteiger partial charge in [-0.1, -0.05) is 33.3 Å². The van der Waals surface area contributed by atoms with E-state index in [0.29, 0.717) is 17.5 Å². The standard InChI is InChI=1S/C26H43N3O5/c1-10-11-18(5)27-23(31)22(19-12-13-21(30)17(4)15-19)29(9)24(32)20(14-16(2)3)28-25(33)34-26(6,7)8/h12-13,15-16,18,20,22,30H,10-11,14H2,1-9H3,(H,27,31)(H,28,33). The van der Waals surface area contributed by atoms with E-state index in [1.807, 2.05) is 27.7 Å². The molecule has 3 amide bonds. The summed E-state index contributed by atoms with van der Waals surface area (Å²) in [5.41, 5.74) is 0.472. The van der Waals surface area contributed by atoms with Crippen LogP contribution in [0.15, 0.2) is 18.2 Å². The number of benzene rings is 1. The lowest BCUT2D eigenvalue weighted by Gasteiger charge is -2.33. The Bertz CT molecular complexity index is 847. The highest BCUT2D eigenvalue weighted by atomic mass is 16.6. The number of hydrogen-bond acceptors (Lipinski definition) is 5. The van der Waals surface area contributed by atoms with Crippen molar-refractivity contribution >= 4 is 17.9 Å². The first-order valence-corrected chi connectivity index (χ1v) is 12.0. The van der Waals surface area contributed by atoms with Gasteiger partial charge in [0.2, 0.25) is 11.8 Å². The summed E-state index contributed by atoms with van der Waals surface area (Å²) in [6.07, 6.45) is 1.42. The van der Waals surface area contributed by atoms with E-state index in [9.17, 15) is 19.5 Å². The summed E-state index contributed by atoms with van der Waals surface area (Å²) in [5, 5.41) is 15.6. The van der Waals surface area contributed by atoms with Crippen molar-refractivity contribution in [1.82, 2.24) is 15.5 Å². The minimum absolute atomic E-state index is 0.0620. The first-order valence-electron chi connectivity index (χ1n) is 12.0. The Hall–Kier alpha value is -2.77. The molecule has 0 fully saturated rings. The molecule has 8 heteroatoms. The summed E-state index contributed by atoms with van der Waals surface area (Å²) < 4.78 is 5.35. The van der Waals surface area contributed by atoms with Gasteiger partial charge in [0.15, 0.2) is 0 Å². The Labute approximate surface area is 204 Å². The number of nitrogens with zero attached hydrogens (tertiary/aromatic N) is 1. The molecule has 0 radical (unpaired) electrons. The number of likely N-dealkylation sites (N-methyl/N-ethyl adjacent to an activating group) is 1. The smallest absolute Gasteiger partial charge is 0.408 e. The zero-order chi connectivity index (χ0) is 26.2. The maximum absolute atomic E-state index is 13.6. The predicted octanol–water partition coefficient (Wildman–Crippen LogP) is 4.44. The lowest BCUT2D eigenvalue weighted by molar-refractivity contribution is -0.141. The second kappa shape index (κ2) is 12.6. The molecule has 8 nitrogen and oxygen atoms in total. The molecule has 3 atom stereocenters.